The molecule has 0 saturated heterocycles. The Balaban J connectivity index is 1.86. The second kappa shape index (κ2) is 7.20. The van der Waals surface area contributed by atoms with Crippen molar-refractivity contribution in [3.63, 3.8) is 0 Å². The zero-order valence-electron chi connectivity index (χ0n) is 13.0. The zero-order chi connectivity index (χ0) is 16.1. The van der Waals surface area contributed by atoms with Crippen molar-refractivity contribution in [2.75, 3.05) is 0 Å². The number of hydrogen-bond donors (Lipinski definition) is 0. The van der Waals surface area contributed by atoms with Crippen molar-refractivity contribution in [3.8, 4) is 0 Å². The molecule has 1 aromatic rings. The molecule has 22 heavy (non-hydrogen) atoms. The molecule has 118 valence electrons. The summed E-state index contributed by atoms with van der Waals surface area (Å²) in [6.45, 7) is 4.28. The van der Waals surface area contributed by atoms with E-state index in [2.05, 4.69) is 13.8 Å². The molecule has 1 atom stereocenters. The molecule has 0 aromatic heterocycles. The standard InChI is InChI=1S/C17H21NO4/c1-3-7-12(2)8-6-11-15(19)22-18-16(20)13-9-4-5-10-14(13)17(18)21/h4-5,9-10,12H,3,6-8,11H2,1-2H3. The van der Waals surface area contributed by atoms with Gasteiger partial charge in [-0.3, -0.25) is 9.59 Å². The summed E-state index contributed by atoms with van der Waals surface area (Å²) in [5, 5.41) is 0.572. The number of carbonyl (C=O) groups is 3. The molecular formula is C17H21NO4. The van der Waals surface area contributed by atoms with Crippen LogP contribution < -0.4 is 0 Å². The van der Waals surface area contributed by atoms with Crippen LogP contribution in [-0.4, -0.2) is 22.8 Å². The maximum absolute atomic E-state index is 12.0. The quantitative estimate of drug-likeness (QED) is 0.725. The lowest BCUT2D eigenvalue weighted by atomic mass is 9.99. The van der Waals surface area contributed by atoms with Crippen LogP contribution in [0.2, 0.25) is 0 Å². The first-order valence-corrected chi connectivity index (χ1v) is 7.73. The van der Waals surface area contributed by atoms with Gasteiger partial charge in [-0.2, -0.15) is 0 Å². The van der Waals surface area contributed by atoms with Gasteiger partial charge in [0.2, 0.25) is 0 Å². The third-order valence-corrected chi connectivity index (χ3v) is 3.81. The van der Waals surface area contributed by atoms with Crippen molar-refractivity contribution in [3.05, 3.63) is 35.4 Å². The molecule has 0 spiro atoms. The highest BCUT2D eigenvalue weighted by Gasteiger charge is 2.38. The Morgan fingerprint density at radius 2 is 1.73 bits per heavy atom. The second-order valence-electron chi connectivity index (χ2n) is 5.70. The van der Waals surface area contributed by atoms with E-state index in [0.29, 0.717) is 17.4 Å². The maximum Gasteiger partial charge on any atom is 0.333 e. The van der Waals surface area contributed by atoms with E-state index in [1.165, 1.54) is 0 Å². The third-order valence-electron chi connectivity index (χ3n) is 3.81. The summed E-state index contributed by atoms with van der Waals surface area (Å²) in [7, 11) is 0. The Kier molecular flexibility index (Phi) is 5.31. The average Bonchev–Trinajstić information content (AvgIpc) is 2.73. The molecule has 1 aromatic carbocycles. The second-order valence-corrected chi connectivity index (χ2v) is 5.70. The maximum atomic E-state index is 12.0. The fraction of sp³-hybridized carbons (Fsp3) is 0.471. The molecule has 1 heterocycles. The van der Waals surface area contributed by atoms with Gasteiger partial charge in [0.15, 0.2) is 0 Å². The van der Waals surface area contributed by atoms with E-state index in [9.17, 15) is 14.4 Å². The SMILES string of the molecule is CCCC(C)CCCC(=O)ON1C(=O)c2ccccc2C1=O. The van der Waals surface area contributed by atoms with E-state index >= 15 is 0 Å². The lowest BCUT2D eigenvalue weighted by Crippen LogP contribution is -2.32. The average molecular weight is 303 g/mol. The molecule has 0 radical (unpaired) electrons. The van der Waals surface area contributed by atoms with Crippen molar-refractivity contribution in [2.24, 2.45) is 5.92 Å². The van der Waals surface area contributed by atoms with Crippen LogP contribution in [0.3, 0.4) is 0 Å². The molecule has 0 fully saturated rings. The third kappa shape index (κ3) is 3.53. The van der Waals surface area contributed by atoms with E-state index in [0.717, 1.165) is 19.3 Å². The van der Waals surface area contributed by atoms with Crippen molar-refractivity contribution in [1.29, 1.82) is 0 Å². The summed E-state index contributed by atoms with van der Waals surface area (Å²) >= 11 is 0. The first-order valence-electron chi connectivity index (χ1n) is 7.73. The van der Waals surface area contributed by atoms with Gasteiger partial charge >= 0.3 is 5.97 Å². The Bertz CT molecular complexity index is 547. The minimum Gasteiger partial charge on any atom is -0.330 e. The van der Waals surface area contributed by atoms with E-state index in [1.54, 1.807) is 24.3 Å². The largest absolute Gasteiger partial charge is 0.333 e. The summed E-state index contributed by atoms with van der Waals surface area (Å²) in [6, 6.07) is 6.45. The van der Waals surface area contributed by atoms with Crippen molar-refractivity contribution < 1.29 is 19.2 Å². The van der Waals surface area contributed by atoms with Crippen LogP contribution in [0.15, 0.2) is 24.3 Å². The van der Waals surface area contributed by atoms with Gasteiger partial charge < -0.3 is 4.84 Å². The molecule has 0 bridgehead atoms. The Hall–Kier alpha value is -2.17. The van der Waals surface area contributed by atoms with Gasteiger partial charge in [-0.05, 0) is 24.5 Å². The molecule has 2 amide bonds. The van der Waals surface area contributed by atoms with Crippen LogP contribution in [0.25, 0.3) is 0 Å². The Morgan fingerprint density at radius 3 is 2.27 bits per heavy atom. The van der Waals surface area contributed by atoms with Gasteiger partial charge in [0, 0.05) is 6.42 Å². The minimum absolute atomic E-state index is 0.210. The number of amides is 2. The normalized spacial score (nSPS) is 14.9. The van der Waals surface area contributed by atoms with Crippen molar-refractivity contribution >= 4 is 17.8 Å². The number of hydrogen-bond acceptors (Lipinski definition) is 4. The summed E-state index contributed by atoms with van der Waals surface area (Å²) in [6.07, 6.45) is 4.10. The molecular weight excluding hydrogens is 282 g/mol. The fourth-order valence-electron chi connectivity index (χ4n) is 2.63. The first-order chi connectivity index (χ1) is 10.5. The highest BCUT2D eigenvalue weighted by atomic mass is 16.7. The van der Waals surface area contributed by atoms with Gasteiger partial charge in [-0.15, -0.1) is 0 Å². The number of benzene rings is 1. The highest BCUT2D eigenvalue weighted by Crippen LogP contribution is 2.23. The molecule has 5 nitrogen and oxygen atoms in total. The molecule has 0 N–H and O–H groups in total. The van der Waals surface area contributed by atoms with E-state index in [4.69, 9.17) is 4.84 Å². The van der Waals surface area contributed by atoms with Crippen LogP contribution in [0.4, 0.5) is 0 Å². The van der Waals surface area contributed by atoms with Gasteiger partial charge in [0.1, 0.15) is 0 Å². The van der Waals surface area contributed by atoms with E-state index in [-0.39, 0.29) is 17.5 Å². The van der Waals surface area contributed by atoms with Gasteiger partial charge in [0.25, 0.3) is 11.8 Å². The predicted octanol–water partition coefficient (Wildman–Crippen LogP) is 3.35. The lowest BCUT2D eigenvalue weighted by Gasteiger charge is -2.13. The van der Waals surface area contributed by atoms with Gasteiger partial charge in [0.05, 0.1) is 11.1 Å². The first kappa shape index (κ1) is 16.2. The molecule has 5 heteroatoms. The summed E-state index contributed by atoms with van der Waals surface area (Å²) in [5.41, 5.74) is 0.550. The summed E-state index contributed by atoms with van der Waals surface area (Å²) in [4.78, 5) is 40.8. The van der Waals surface area contributed by atoms with E-state index < -0.39 is 17.8 Å². The van der Waals surface area contributed by atoms with Crippen LogP contribution in [0.5, 0.6) is 0 Å². The number of hydroxylamine groups is 2. The zero-order valence-corrected chi connectivity index (χ0v) is 13.0. The van der Waals surface area contributed by atoms with Crippen LogP contribution in [0, 0.1) is 5.92 Å². The summed E-state index contributed by atoms with van der Waals surface area (Å²) in [5.74, 6) is -1.13. The molecule has 2 rings (SSSR count). The summed E-state index contributed by atoms with van der Waals surface area (Å²) < 4.78 is 0. The fourth-order valence-corrected chi connectivity index (χ4v) is 2.63. The lowest BCUT2D eigenvalue weighted by molar-refractivity contribution is -0.168. The highest BCUT2D eigenvalue weighted by molar-refractivity contribution is 6.20. The van der Waals surface area contributed by atoms with Crippen LogP contribution in [-0.2, 0) is 9.63 Å². The molecule has 1 aliphatic heterocycles. The predicted molar refractivity (Wildman–Crippen MR) is 81.0 cm³/mol. The Labute approximate surface area is 130 Å². The monoisotopic (exact) mass is 303 g/mol. The van der Waals surface area contributed by atoms with Crippen LogP contribution >= 0.6 is 0 Å². The number of imide groups is 1. The molecule has 1 aliphatic rings. The molecule has 0 saturated carbocycles. The van der Waals surface area contributed by atoms with Gasteiger partial charge in [-0.25, -0.2) is 4.79 Å². The molecule has 0 aliphatic carbocycles. The minimum atomic E-state index is -0.576. The number of fused-ring (bicyclic) bond motifs is 1. The topological polar surface area (TPSA) is 63.7 Å². The number of rotatable bonds is 7. The smallest absolute Gasteiger partial charge is 0.330 e. The number of carbonyl (C=O) groups excluding carboxylic acids is 3. The number of nitrogens with zero attached hydrogens (tertiary/aromatic N) is 1. The van der Waals surface area contributed by atoms with Crippen molar-refractivity contribution in [1.82, 2.24) is 5.06 Å². The molecule has 1 unspecified atom stereocenters. The van der Waals surface area contributed by atoms with Gasteiger partial charge in [-0.1, -0.05) is 50.3 Å². The van der Waals surface area contributed by atoms with E-state index in [1.807, 2.05) is 0 Å². The Morgan fingerprint density at radius 1 is 1.14 bits per heavy atom. The van der Waals surface area contributed by atoms with Crippen molar-refractivity contribution in [2.45, 2.75) is 46.0 Å². The van der Waals surface area contributed by atoms with Crippen LogP contribution in [0.1, 0.15) is 66.7 Å².